The van der Waals surface area contributed by atoms with E-state index in [1.165, 1.54) is 43.6 Å². The van der Waals surface area contributed by atoms with Gasteiger partial charge in [0.1, 0.15) is 0 Å². The van der Waals surface area contributed by atoms with Crippen molar-refractivity contribution in [1.29, 1.82) is 0 Å². The molecule has 0 saturated carbocycles. The Labute approximate surface area is 117 Å². The van der Waals surface area contributed by atoms with E-state index in [9.17, 15) is 0 Å². The summed E-state index contributed by atoms with van der Waals surface area (Å²) in [5, 5.41) is 0. The lowest BCUT2D eigenvalue weighted by molar-refractivity contribution is 0.209. The molecule has 1 saturated heterocycles. The van der Waals surface area contributed by atoms with E-state index in [4.69, 9.17) is 5.73 Å². The molecule has 0 aromatic heterocycles. The Hall–Kier alpha value is -0.900. The molecule has 106 valence electrons. The first-order valence-electron chi connectivity index (χ1n) is 7.40. The van der Waals surface area contributed by atoms with Crippen LogP contribution in [0.1, 0.15) is 30.0 Å². The number of nitrogens with zero attached hydrogens (tertiary/aromatic N) is 2. The van der Waals surface area contributed by atoms with Gasteiger partial charge in [-0.3, -0.25) is 4.90 Å². The van der Waals surface area contributed by atoms with Crippen molar-refractivity contribution >= 4 is 0 Å². The molecule has 0 aliphatic carbocycles. The first-order valence-corrected chi connectivity index (χ1v) is 7.40. The summed E-state index contributed by atoms with van der Waals surface area (Å²) in [6.45, 7) is 7.65. The Balaban J connectivity index is 1.94. The minimum absolute atomic E-state index is 0.337. The van der Waals surface area contributed by atoms with Crippen molar-refractivity contribution < 1.29 is 0 Å². The molecular formula is C16H27N3. The average molecular weight is 261 g/mol. The van der Waals surface area contributed by atoms with Gasteiger partial charge >= 0.3 is 0 Å². The third-order valence-electron chi connectivity index (χ3n) is 4.27. The molecular weight excluding hydrogens is 234 g/mol. The predicted octanol–water partition coefficient (Wildman–Crippen LogP) is 2.02. The molecule has 0 radical (unpaired) electrons. The molecule has 2 rings (SSSR count). The number of hydrogen-bond acceptors (Lipinski definition) is 3. The summed E-state index contributed by atoms with van der Waals surface area (Å²) < 4.78 is 0. The topological polar surface area (TPSA) is 32.5 Å². The molecule has 1 aromatic rings. The van der Waals surface area contributed by atoms with Crippen LogP contribution in [-0.4, -0.2) is 49.6 Å². The van der Waals surface area contributed by atoms with Crippen molar-refractivity contribution in [1.82, 2.24) is 9.80 Å². The zero-order valence-corrected chi connectivity index (χ0v) is 12.3. The van der Waals surface area contributed by atoms with Crippen LogP contribution in [0.2, 0.25) is 0 Å². The standard InChI is InChI=1S/C16H27N3/c1-14-7-3-4-8-15(14)16(13-17)18(2)11-12-19-9-5-6-10-19/h3-4,7-8,16H,5-6,9-13,17H2,1-2H3. The Morgan fingerprint density at radius 1 is 1.26 bits per heavy atom. The van der Waals surface area contributed by atoms with E-state index in [2.05, 4.69) is 48.0 Å². The Morgan fingerprint density at radius 2 is 1.95 bits per heavy atom. The Bertz CT molecular complexity index is 385. The highest BCUT2D eigenvalue weighted by Gasteiger charge is 2.18. The number of likely N-dealkylation sites (tertiary alicyclic amines) is 1. The van der Waals surface area contributed by atoms with Gasteiger partial charge < -0.3 is 10.6 Å². The van der Waals surface area contributed by atoms with Crippen molar-refractivity contribution in [3.05, 3.63) is 35.4 Å². The van der Waals surface area contributed by atoms with Crippen molar-refractivity contribution in [2.75, 3.05) is 39.8 Å². The Kier molecular flexibility index (Phi) is 5.37. The van der Waals surface area contributed by atoms with Gasteiger partial charge in [0, 0.05) is 25.7 Å². The molecule has 19 heavy (non-hydrogen) atoms. The molecule has 1 unspecified atom stereocenters. The molecule has 0 amide bonds. The fraction of sp³-hybridized carbons (Fsp3) is 0.625. The smallest absolute Gasteiger partial charge is 0.0470 e. The van der Waals surface area contributed by atoms with Gasteiger partial charge in [0.15, 0.2) is 0 Å². The maximum atomic E-state index is 6.00. The fourth-order valence-electron chi connectivity index (χ4n) is 2.97. The van der Waals surface area contributed by atoms with Crippen LogP contribution in [0.15, 0.2) is 24.3 Å². The number of nitrogens with two attached hydrogens (primary N) is 1. The third-order valence-corrected chi connectivity index (χ3v) is 4.27. The normalized spacial score (nSPS) is 18.1. The summed E-state index contributed by atoms with van der Waals surface area (Å²) in [6, 6.07) is 8.92. The molecule has 1 aliphatic rings. The second-order valence-corrected chi connectivity index (χ2v) is 5.64. The summed E-state index contributed by atoms with van der Waals surface area (Å²) in [5.41, 5.74) is 8.71. The van der Waals surface area contributed by atoms with Crippen LogP contribution in [0.5, 0.6) is 0 Å². The van der Waals surface area contributed by atoms with Crippen molar-refractivity contribution in [2.24, 2.45) is 5.73 Å². The molecule has 1 atom stereocenters. The van der Waals surface area contributed by atoms with E-state index >= 15 is 0 Å². The van der Waals surface area contributed by atoms with Crippen molar-refractivity contribution in [2.45, 2.75) is 25.8 Å². The molecule has 1 heterocycles. The molecule has 3 nitrogen and oxygen atoms in total. The average Bonchev–Trinajstić information content (AvgIpc) is 2.92. The second kappa shape index (κ2) is 7.04. The first-order chi connectivity index (χ1) is 9.22. The van der Waals surface area contributed by atoms with E-state index in [1.807, 2.05) is 0 Å². The van der Waals surface area contributed by atoms with Gasteiger partial charge in [0.2, 0.25) is 0 Å². The summed E-state index contributed by atoms with van der Waals surface area (Å²) in [6.07, 6.45) is 2.73. The minimum Gasteiger partial charge on any atom is -0.329 e. The van der Waals surface area contributed by atoms with Gasteiger partial charge in [-0.15, -0.1) is 0 Å². The highest BCUT2D eigenvalue weighted by Crippen LogP contribution is 2.21. The quantitative estimate of drug-likeness (QED) is 0.850. The molecule has 1 aromatic carbocycles. The molecule has 2 N–H and O–H groups in total. The predicted molar refractivity (Wildman–Crippen MR) is 81.3 cm³/mol. The molecule has 0 bridgehead atoms. The van der Waals surface area contributed by atoms with Gasteiger partial charge in [-0.05, 0) is 51.0 Å². The number of hydrogen-bond donors (Lipinski definition) is 1. The fourth-order valence-corrected chi connectivity index (χ4v) is 2.97. The summed E-state index contributed by atoms with van der Waals surface area (Å²) in [4.78, 5) is 4.96. The van der Waals surface area contributed by atoms with Crippen LogP contribution in [0.25, 0.3) is 0 Å². The first kappa shape index (κ1) is 14.5. The molecule has 1 aliphatic heterocycles. The maximum absolute atomic E-state index is 6.00. The molecule has 0 spiro atoms. The lowest BCUT2D eigenvalue weighted by Gasteiger charge is -2.30. The highest BCUT2D eigenvalue weighted by molar-refractivity contribution is 5.29. The molecule has 1 fully saturated rings. The number of benzene rings is 1. The monoisotopic (exact) mass is 261 g/mol. The van der Waals surface area contributed by atoms with Gasteiger partial charge in [-0.2, -0.15) is 0 Å². The largest absolute Gasteiger partial charge is 0.329 e. The zero-order valence-electron chi connectivity index (χ0n) is 12.3. The zero-order chi connectivity index (χ0) is 13.7. The van der Waals surface area contributed by atoms with Crippen LogP contribution in [0.4, 0.5) is 0 Å². The van der Waals surface area contributed by atoms with Crippen molar-refractivity contribution in [3.8, 4) is 0 Å². The maximum Gasteiger partial charge on any atom is 0.0470 e. The number of likely N-dealkylation sites (N-methyl/N-ethyl adjacent to an activating group) is 1. The van der Waals surface area contributed by atoms with Gasteiger partial charge in [-0.1, -0.05) is 24.3 Å². The van der Waals surface area contributed by atoms with E-state index in [-0.39, 0.29) is 0 Å². The SMILES string of the molecule is Cc1ccccc1C(CN)N(C)CCN1CCCC1. The van der Waals surface area contributed by atoms with Crippen LogP contribution in [0.3, 0.4) is 0 Å². The summed E-state index contributed by atoms with van der Waals surface area (Å²) in [5.74, 6) is 0. The number of aryl methyl sites for hydroxylation is 1. The second-order valence-electron chi connectivity index (χ2n) is 5.64. The van der Waals surface area contributed by atoms with E-state index in [1.54, 1.807) is 0 Å². The van der Waals surface area contributed by atoms with Gasteiger partial charge in [-0.25, -0.2) is 0 Å². The lowest BCUT2D eigenvalue weighted by atomic mass is 10.0. The third kappa shape index (κ3) is 3.78. The van der Waals surface area contributed by atoms with Crippen LogP contribution >= 0.6 is 0 Å². The van der Waals surface area contributed by atoms with Crippen LogP contribution in [-0.2, 0) is 0 Å². The summed E-state index contributed by atoms with van der Waals surface area (Å²) in [7, 11) is 2.19. The van der Waals surface area contributed by atoms with E-state index < -0.39 is 0 Å². The van der Waals surface area contributed by atoms with E-state index in [0.717, 1.165) is 6.54 Å². The van der Waals surface area contributed by atoms with Crippen molar-refractivity contribution in [3.63, 3.8) is 0 Å². The number of rotatable bonds is 6. The minimum atomic E-state index is 0.337. The van der Waals surface area contributed by atoms with Crippen LogP contribution < -0.4 is 5.73 Å². The van der Waals surface area contributed by atoms with E-state index in [0.29, 0.717) is 12.6 Å². The highest BCUT2D eigenvalue weighted by atomic mass is 15.2. The molecule has 3 heteroatoms. The Morgan fingerprint density at radius 3 is 2.58 bits per heavy atom. The van der Waals surface area contributed by atoms with Crippen LogP contribution in [0, 0.1) is 6.92 Å². The lowest BCUT2D eigenvalue weighted by Crippen LogP contribution is -2.37. The van der Waals surface area contributed by atoms with Gasteiger partial charge in [0.05, 0.1) is 0 Å². The van der Waals surface area contributed by atoms with Gasteiger partial charge in [0.25, 0.3) is 0 Å². The summed E-state index contributed by atoms with van der Waals surface area (Å²) >= 11 is 0.